The summed E-state index contributed by atoms with van der Waals surface area (Å²) >= 11 is 1.89. The van der Waals surface area contributed by atoms with Gasteiger partial charge in [-0.3, -0.25) is 0 Å². The molecule has 13 heavy (non-hydrogen) atoms. The Morgan fingerprint density at radius 1 is 1.23 bits per heavy atom. The third-order valence-electron chi connectivity index (χ3n) is 1.75. The molecule has 0 aliphatic rings. The summed E-state index contributed by atoms with van der Waals surface area (Å²) in [4.78, 5) is 8.58. The lowest BCUT2D eigenvalue weighted by molar-refractivity contribution is 0.976. The van der Waals surface area contributed by atoms with Crippen molar-refractivity contribution in [2.24, 2.45) is 0 Å². The fraction of sp³-hybridized carbons (Fsp3) is 0.600. The van der Waals surface area contributed by atoms with E-state index in [0.717, 1.165) is 18.0 Å². The molecule has 72 valence electrons. The Kier molecular flexibility index (Phi) is 4.83. The van der Waals surface area contributed by atoms with Gasteiger partial charge in [0.25, 0.3) is 0 Å². The topological polar surface area (TPSA) is 25.8 Å². The molecule has 0 unspecified atom stereocenters. The van der Waals surface area contributed by atoms with Crippen molar-refractivity contribution < 1.29 is 0 Å². The first kappa shape index (κ1) is 10.5. The van der Waals surface area contributed by atoms with Gasteiger partial charge in [0.1, 0.15) is 5.82 Å². The summed E-state index contributed by atoms with van der Waals surface area (Å²) in [6, 6.07) is 0. The van der Waals surface area contributed by atoms with Crippen LogP contribution in [-0.2, 0) is 12.2 Å². The number of aromatic nitrogens is 2. The highest BCUT2D eigenvalue weighted by Crippen LogP contribution is 2.09. The molecule has 1 aromatic rings. The average molecular weight is 196 g/mol. The summed E-state index contributed by atoms with van der Waals surface area (Å²) in [5.41, 5.74) is 1.21. The molecule has 1 aromatic heterocycles. The first-order chi connectivity index (χ1) is 6.36. The van der Waals surface area contributed by atoms with Gasteiger partial charge in [0.2, 0.25) is 0 Å². The number of aryl methyl sites for hydroxylation is 1. The lowest BCUT2D eigenvalue weighted by Gasteiger charge is -1.99. The van der Waals surface area contributed by atoms with Crippen LogP contribution in [0.5, 0.6) is 0 Å². The minimum Gasteiger partial charge on any atom is -0.240 e. The SMILES string of the molecule is CCCSCc1ncc(CC)cn1. The molecule has 1 rings (SSSR count). The maximum absolute atomic E-state index is 4.29. The van der Waals surface area contributed by atoms with E-state index in [4.69, 9.17) is 0 Å². The van der Waals surface area contributed by atoms with E-state index in [0.29, 0.717) is 0 Å². The molecule has 2 nitrogen and oxygen atoms in total. The van der Waals surface area contributed by atoms with E-state index < -0.39 is 0 Å². The highest BCUT2D eigenvalue weighted by molar-refractivity contribution is 7.98. The van der Waals surface area contributed by atoms with Gasteiger partial charge in [0.05, 0.1) is 5.75 Å². The van der Waals surface area contributed by atoms with E-state index in [-0.39, 0.29) is 0 Å². The van der Waals surface area contributed by atoms with Crippen LogP contribution in [0.3, 0.4) is 0 Å². The Hall–Kier alpha value is -0.570. The zero-order valence-electron chi connectivity index (χ0n) is 8.29. The second-order valence-corrected chi connectivity index (χ2v) is 4.02. The van der Waals surface area contributed by atoms with Crippen molar-refractivity contribution in [1.82, 2.24) is 9.97 Å². The maximum Gasteiger partial charge on any atom is 0.138 e. The summed E-state index contributed by atoms with van der Waals surface area (Å²) in [5, 5.41) is 0. The van der Waals surface area contributed by atoms with Gasteiger partial charge in [-0.05, 0) is 24.2 Å². The predicted octanol–water partition coefficient (Wildman–Crippen LogP) is 2.68. The number of rotatable bonds is 5. The van der Waals surface area contributed by atoms with Gasteiger partial charge in [0.15, 0.2) is 0 Å². The molecule has 0 radical (unpaired) electrons. The standard InChI is InChI=1S/C10H16N2S/c1-3-5-13-8-10-11-6-9(4-2)7-12-10/h6-7H,3-5,8H2,1-2H3. The minimum absolute atomic E-state index is 0.942. The Morgan fingerprint density at radius 3 is 2.46 bits per heavy atom. The maximum atomic E-state index is 4.29. The van der Waals surface area contributed by atoms with Crippen LogP contribution in [0.15, 0.2) is 12.4 Å². The van der Waals surface area contributed by atoms with Crippen LogP contribution in [0.25, 0.3) is 0 Å². The van der Waals surface area contributed by atoms with Crippen molar-refractivity contribution in [3.8, 4) is 0 Å². The number of thioether (sulfide) groups is 1. The van der Waals surface area contributed by atoms with E-state index in [9.17, 15) is 0 Å². The molecule has 0 atom stereocenters. The molecule has 0 fully saturated rings. The first-order valence-electron chi connectivity index (χ1n) is 4.74. The van der Waals surface area contributed by atoms with E-state index in [1.54, 1.807) is 0 Å². The summed E-state index contributed by atoms with van der Waals surface area (Å²) in [6.07, 6.45) is 6.09. The van der Waals surface area contributed by atoms with Crippen LogP contribution in [0.2, 0.25) is 0 Å². The Labute approximate surface area is 84.2 Å². The molecule has 1 heterocycles. The van der Waals surface area contributed by atoms with E-state index in [2.05, 4.69) is 23.8 Å². The fourth-order valence-electron chi connectivity index (χ4n) is 0.946. The van der Waals surface area contributed by atoms with Gasteiger partial charge in [-0.25, -0.2) is 9.97 Å². The summed E-state index contributed by atoms with van der Waals surface area (Å²) in [6.45, 7) is 4.30. The molecule has 0 saturated carbocycles. The Bertz CT molecular complexity index is 233. The molecule has 0 saturated heterocycles. The molecule has 0 bridgehead atoms. The minimum atomic E-state index is 0.942. The van der Waals surface area contributed by atoms with Crippen molar-refractivity contribution in [1.29, 1.82) is 0 Å². The summed E-state index contributed by atoms with van der Waals surface area (Å²) in [7, 11) is 0. The van der Waals surface area contributed by atoms with Crippen LogP contribution in [0, 0.1) is 0 Å². The summed E-state index contributed by atoms with van der Waals surface area (Å²) in [5.74, 6) is 3.09. The van der Waals surface area contributed by atoms with Crippen molar-refractivity contribution in [3.63, 3.8) is 0 Å². The molecule has 0 amide bonds. The largest absolute Gasteiger partial charge is 0.240 e. The third kappa shape index (κ3) is 3.77. The average Bonchev–Trinajstić information content (AvgIpc) is 2.19. The van der Waals surface area contributed by atoms with Gasteiger partial charge in [-0.1, -0.05) is 13.8 Å². The number of nitrogens with zero attached hydrogens (tertiary/aromatic N) is 2. The lowest BCUT2D eigenvalue weighted by atomic mass is 10.3. The third-order valence-corrected chi connectivity index (χ3v) is 2.91. The Morgan fingerprint density at radius 2 is 1.92 bits per heavy atom. The van der Waals surface area contributed by atoms with Gasteiger partial charge < -0.3 is 0 Å². The molecule has 0 N–H and O–H groups in total. The van der Waals surface area contributed by atoms with Crippen molar-refractivity contribution in [2.45, 2.75) is 32.4 Å². The van der Waals surface area contributed by atoms with Gasteiger partial charge in [-0.2, -0.15) is 11.8 Å². The quantitative estimate of drug-likeness (QED) is 0.677. The second-order valence-electron chi connectivity index (χ2n) is 2.91. The molecule has 0 aromatic carbocycles. The number of hydrogen-bond donors (Lipinski definition) is 0. The summed E-state index contributed by atoms with van der Waals surface area (Å²) < 4.78 is 0. The molecule has 0 aliphatic heterocycles. The van der Waals surface area contributed by atoms with Gasteiger partial charge >= 0.3 is 0 Å². The fourth-order valence-corrected chi connectivity index (χ4v) is 1.71. The van der Waals surface area contributed by atoms with Crippen molar-refractivity contribution in [2.75, 3.05) is 5.75 Å². The predicted molar refractivity (Wildman–Crippen MR) is 57.9 cm³/mol. The molecular weight excluding hydrogens is 180 g/mol. The molecule has 0 spiro atoms. The van der Waals surface area contributed by atoms with E-state index in [1.807, 2.05) is 24.2 Å². The highest BCUT2D eigenvalue weighted by atomic mass is 32.2. The molecular formula is C10H16N2S. The number of hydrogen-bond acceptors (Lipinski definition) is 3. The first-order valence-corrected chi connectivity index (χ1v) is 5.89. The van der Waals surface area contributed by atoms with Crippen molar-refractivity contribution >= 4 is 11.8 Å². The molecule has 0 aliphatic carbocycles. The van der Waals surface area contributed by atoms with Crippen LogP contribution in [0.1, 0.15) is 31.7 Å². The zero-order chi connectivity index (χ0) is 9.52. The Balaban J connectivity index is 2.40. The molecule has 3 heteroatoms. The van der Waals surface area contributed by atoms with Crippen LogP contribution < -0.4 is 0 Å². The van der Waals surface area contributed by atoms with Gasteiger partial charge in [-0.15, -0.1) is 0 Å². The van der Waals surface area contributed by atoms with Crippen LogP contribution >= 0.6 is 11.8 Å². The highest BCUT2D eigenvalue weighted by Gasteiger charge is 1.96. The van der Waals surface area contributed by atoms with E-state index in [1.165, 1.54) is 17.7 Å². The van der Waals surface area contributed by atoms with E-state index >= 15 is 0 Å². The van der Waals surface area contributed by atoms with Crippen LogP contribution in [-0.4, -0.2) is 15.7 Å². The normalized spacial score (nSPS) is 10.3. The second kappa shape index (κ2) is 5.97. The lowest BCUT2D eigenvalue weighted by Crippen LogP contribution is -1.94. The smallest absolute Gasteiger partial charge is 0.138 e. The van der Waals surface area contributed by atoms with Gasteiger partial charge in [0, 0.05) is 12.4 Å². The van der Waals surface area contributed by atoms with Crippen molar-refractivity contribution in [3.05, 3.63) is 23.8 Å². The van der Waals surface area contributed by atoms with Crippen LogP contribution in [0.4, 0.5) is 0 Å². The monoisotopic (exact) mass is 196 g/mol. The zero-order valence-corrected chi connectivity index (χ0v) is 9.10.